The maximum atomic E-state index is 13.3. The maximum absolute atomic E-state index is 13.3. The zero-order valence-electron chi connectivity index (χ0n) is 10.9. The quantitative estimate of drug-likeness (QED) is 0.635. The Morgan fingerprint density at radius 1 is 1.24 bits per heavy atom. The Kier molecular flexibility index (Phi) is 4.00. The second-order valence-electron chi connectivity index (χ2n) is 3.98. The average Bonchev–Trinajstić information content (AvgIpc) is 2.46. The van der Waals surface area contributed by atoms with Gasteiger partial charge in [0.25, 0.3) is 5.69 Å². The van der Waals surface area contributed by atoms with E-state index >= 15 is 0 Å². The number of hydrogen-bond acceptors (Lipinski definition) is 5. The van der Waals surface area contributed by atoms with Gasteiger partial charge in [-0.15, -0.1) is 0 Å². The standard InChI is InChI=1S/C14H9FN2O4/c1-20-13-3-2-11(17(18)19)7-14(13)21-12-5-9(8-16)4-10(15)6-12/h2-7H,1H3. The van der Waals surface area contributed by atoms with Gasteiger partial charge in [-0.05, 0) is 18.2 Å². The first-order chi connectivity index (χ1) is 10.0. The molecule has 106 valence electrons. The minimum absolute atomic E-state index is 0.0466. The number of nitrogens with zero attached hydrogens (tertiary/aromatic N) is 2. The molecule has 0 bridgehead atoms. The summed E-state index contributed by atoms with van der Waals surface area (Å²) in [5.41, 5.74) is -0.114. The van der Waals surface area contributed by atoms with Gasteiger partial charge in [0.05, 0.1) is 29.7 Å². The summed E-state index contributed by atoms with van der Waals surface area (Å²) in [5.74, 6) is -0.289. The zero-order chi connectivity index (χ0) is 15.4. The highest BCUT2D eigenvalue weighted by molar-refractivity contribution is 5.51. The predicted octanol–water partition coefficient (Wildman–Crippen LogP) is 3.41. The second kappa shape index (κ2) is 5.88. The largest absolute Gasteiger partial charge is 0.493 e. The van der Waals surface area contributed by atoms with Crippen LogP contribution in [0.1, 0.15) is 5.56 Å². The predicted molar refractivity (Wildman–Crippen MR) is 70.8 cm³/mol. The summed E-state index contributed by atoms with van der Waals surface area (Å²) < 4.78 is 23.8. The van der Waals surface area contributed by atoms with Gasteiger partial charge in [0.2, 0.25) is 0 Å². The molecule has 0 aliphatic carbocycles. The van der Waals surface area contributed by atoms with E-state index in [2.05, 4.69) is 0 Å². The molecule has 0 unspecified atom stereocenters. The van der Waals surface area contributed by atoms with Crippen LogP contribution in [-0.2, 0) is 0 Å². The highest BCUT2D eigenvalue weighted by atomic mass is 19.1. The number of methoxy groups -OCH3 is 1. The number of nitro benzene ring substituents is 1. The van der Waals surface area contributed by atoms with Gasteiger partial charge in [-0.3, -0.25) is 10.1 Å². The minimum Gasteiger partial charge on any atom is -0.493 e. The van der Waals surface area contributed by atoms with Gasteiger partial charge >= 0.3 is 0 Å². The van der Waals surface area contributed by atoms with Crippen molar-refractivity contribution in [2.45, 2.75) is 0 Å². The Bertz CT molecular complexity index is 740. The molecule has 0 atom stereocenters. The van der Waals surface area contributed by atoms with E-state index in [0.717, 1.165) is 18.2 Å². The van der Waals surface area contributed by atoms with E-state index in [-0.39, 0.29) is 28.5 Å². The van der Waals surface area contributed by atoms with E-state index in [1.807, 2.05) is 0 Å². The van der Waals surface area contributed by atoms with Gasteiger partial charge in [0.1, 0.15) is 11.6 Å². The van der Waals surface area contributed by atoms with Gasteiger partial charge in [0, 0.05) is 12.1 Å². The molecule has 0 aliphatic heterocycles. The van der Waals surface area contributed by atoms with Crippen molar-refractivity contribution in [1.29, 1.82) is 5.26 Å². The van der Waals surface area contributed by atoms with E-state index in [0.29, 0.717) is 0 Å². The first kappa shape index (κ1) is 14.3. The second-order valence-corrected chi connectivity index (χ2v) is 3.98. The van der Waals surface area contributed by atoms with Crippen LogP contribution in [0.5, 0.6) is 17.2 Å². The summed E-state index contributed by atoms with van der Waals surface area (Å²) in [5, 5.41) is 19.5. The Labute approximate surface area is 119 Å². The lowest BCUT2D eigenvalue weighted by molar-refractivity contribution is -0.384. The van der Waals surface area contributed by atoms with Crippen LogP contribution in [0.25, 0.3) is 0 Å². The molecule has 0 saturated carbocycles. The molecule has 0 N–H and O–H groups in total. The molecule has 2 aromatic carbocycles. The minimum atomic E-state index is -0.645. The van der Waals surface area contributed by atoms with E-state index in [1.165, 1.54) is 25.3 Å². The van der Waals surface area contributed by atoms with Crippen molar-refractivity contribution in [2.75, 3.05) is 7.11 Å². The van der Waals surface area contributed by atoms with Crippen molar-refractivity contribution in [1.82, 2.24) is 0 Å². The van der Waals surface area contributed by atoms with Gasteiger partial charge in [-0.1, -0.05) is 0 Å². The van der Waals surface area contributed by atoms with E-state index in [4.69, 9.17) is 14.7 Å². The van der Waals surface area contributed by atoms with E-state index in [1.54, 1.807) is 6.07 Å². The molecule has 6 nitrogen and oxygen atoms in total. The van der Waals surface area contributed by atoms with Crippen molar-refractivity contribution in [2.24, 2.45) is 0 Å². The van der Waals surface area contributed by atoms with Crippen LogP contribution in [0.3, 0.4) is 0 Å². The van der Waals surface area contributed by atoms with Crippen molar-refractivity contribution < 1.29 is 18.8 Å². The number of ether oxygens (including phenoxy) is 2. The lowest BCUT2D eigenvalue weighted by atomic mass is 10.2. The molecule has 2 aromatic rings. The van der Waals surface area contributed by atoms with E-state index in [9.17, 15) is 14.5 Å². The number of nitriles is 1. The molecule has 0 aliphatic rings. The molecule has 0 saturated heterocycles. The number of non-ortho nitro benzene ring substituents is 1. The van der Waals surface area contributed by atoms with Gasteiger partial charge < -0.3 is 9.47 Å². The van der Waals surface area contributed by atoms with Crippen LogP contribution in [0, 0.1) is 27.3 Å². The molecule has 0 fully saturated rings. The van der Waals surface area contributed by atoms with Crippen molar-refractivity contribution in [3.63, 3.8) is 0 Å². The topological polar surface area (TPSA) is 85.4 Å². The van der Waals surface area contributed by atoms with Crippen LogP contribution in [-0.4, -0.2) is 12.0 Å². The van der Waals surface area contributed by atoms with Crippen LogP contribution < -0.4 is 9.47 Å². The number of hydrogen-bond donors (Lipinski definition) is 0. The Morgan fingerprint density at radius 3 is 2.62 bits per heavy atom. The lowest BCUT2D eigenvalue weighted by Crippen LogP contribution is -1.94. The van der Waals surface area contributed by atoms with Crippen LogP contribution in [0.4, 0.5) is 10.1 Å². The Hall–Kier alpha value is -3.14. The third kappa shape index (κ3) is 3.25. The van der Waals surface area contributed by atoms with Crippen molar-refractivity contribution in [3.05, 3.63) is 57.9 Å². The number of benzene rings is 2. The summed E-state index contributed by atoms with van der Waals surface area (Å²) in [6, 6.07) is 9.03. The maximum Gasteiger partial charge on any atom is 0.273 e. The number of rotatable bonds is 4. The monoisotopic (exact) mass is 288 g/mol. The van der Waals surface area contributed by atoms with Crippen LogP contribution in [0.2, 0.25) is 0 Å². The number of nitro groups is 1. The normalized spacial score (nSPS) is 9.76. The highest BCUT2D eigenvalue weighted by Crippen LogP contribution is 2.35. The molecule has 0 heterocycles. The smallest absolute Gasteiger partial charge is 0.273 e. The summed E-state index contributed by atoms with van der Waals surface area (Å²) in [4.78, 5) is 10.2. The molecule has 21 heavy (non-hydrogen) atoms. The molecule has 2 rings (SSSR count). The number of halogens is 1. The molecule has 0 spiro atoms. The highest BCUT2D eigenvalue weighted by Gasteiger charge is 2.14. The summed E-state index contributed by atoms with van der Waals surface area (Å²) >= 11 is 0. The van der Waals surface area contributed by atoms with Crippen LogP contribution >= 0.6 is 0 Å². The first-order valence-corrected chi connectivity index (χ1v) is 5.74. The summed E-state index contributed by atoms with van der Waals surface area (Å²) in [6.45, 7) is 0. The van der Waals surface area contributed by atoms with Crippen LogP contribution in [0.15, 0.2) is 36.4 Å². The SMILES string of the molecule is COc1ccc([N+](=O)[O-])cc1Oc1cc(F)cc(C#N)c1. The molecule has 0 aromatic heterocycles. The molecule has 7 heteroatoms. The fraction of sp³-hybridized carbons (Fsp3) is 0.0714. The zero-order valence-corrected chi connectivity index (χ0v) is 10.9. The van der Waals surface area contributed by atoms with Gasteiger partial charge in [0.15, 0.2) is 11.5 Å². The Balaban J connectivity index is 2.43. The van der Waals surface area contributed by atoms with Gasteiger partial charge in [-0.25, -0.2) is 4.39 Å². The molecule has 0 radical (unpaired) electrons. The van der Waals surface area contributed by atoms with Crippen molar-refractivity contribution in [3.8, 4) is 23.3 Å². The fourth-order valence-corrected chi connectivity index (χ4v) is 1.67. The first-order valence-electron chi connectivity index (χ1n) is 5.74. The molecular formula is C14H9FN2O4. The summed E-state index contributed by atoms with van der Waals surface area (Å²) in [7, 11) is 1.38. The third-order valence-electron chi connectivity index (χ3n) is 2.59. The molecular weight excluding hydrogens is 279 g/mol. The fourth-order valence-electron chi connectivity index (χ4n) is 1.67. The van der Waals surface area contributed by atoms with E-state index < -0.39 is 10.7 Å². The third-order valence-corrected chi connectivity index (χ3v) is 2.59. The van der Waals surface area contributed by atoms with Crippen molar-refractivity contribution >= 4 is 5.69 Å². The molecule has 0 amide bonds. The van der Waals surface area contributed by atoms with Gasteiger partial charge in [-0.2, -0.15) is 5.26 Å². The lowest BCUT2D eigenvalue weighted by Gasteiger charge is -2.10. The Morgan fingerprint density at radius 2 is 2.00 bits per heavy atom. The summed E-state index contributed by atoms with van der Waals surface area (Å²) in [6.07, 6.45) is 0. The average molecular weight is 288 g/mol.